The van der Waals surface area contributed by atoms with E-state index in [4.69, 9.17) is 0 Å². The van der Waals surface area contributed by atoms with Crippen molar-refractivity contribution in [2.45, 2.75) is 266 Å². The molecule has 0 heterocycles. The monoisotopic (exact) mass is 861 g/mol. The molecule has 2 aromatic carbocycles. The quantitative estimate of drug-likeness (QED) is 0.117. The van der Waals surface area contributed by atoms with Crippen LogP contribution in [0.1, 0.15) is 262 Å². The summed E-state index contributed by atoms with van der Waals surface area (Å²) in [6.07, 6.45) is 46.3. The fourth-order valence-corrected chi connectivity index (χ4v) is 4.65. The molecule has 0 radical (unpaired) electrons. The lowest BCUT2D eigenvalue weighted by Gasteiger charge is -1.99. The first-order valence-corrected chi connectivity index (χ1v) is 26.7. The molecule has 2 saturated carbocycles. The Labute approximate surface area is 395 Å². The van der Waals surface area contributed by atoms with Crippen molar-refractivity contribution in [3.05, 3.63) is 119 Å². The van der Waals surface area contributed by atoms with Crippen molar-refractivity contribution >= 4 is 0 Å². The number of hydrogen-bond donors (Lipinski definition) is 0. The molecule has 4 rings (SSSR count). The van der Waals surface area contributed by atoms with E-state index in [2.05, 4.69) is 215 Å². The zero-order valence-electron chi connectivity index (χ0n) is 45.9. The fraction of sp³-hybridized carbons (Fsp3) is 0.677. The molecule has 0 amide bonds. The van der Waals surface area contributed by atoms with E-state index >= 15 is 0 Å². The minimum Gasteiger partial charge on any atom is -0.0917 e. The summed E-state index contributed by atoms with van der Waals surface area (Å²) in [6, 6.07) is 17.6. The van der Waals surface area contributed by atoms with Gasteiger partial charge < -0.3 is 0 Å². The Balaban J connectivity index is -0.000000143. The molecule has 364 valence electrons. The van der Waals surface area contributed by atoms with Crippen molar-refractivity contribution in [2.24, 2.45) is 11.8 Å². The van der Waals surface area contributed by atoms with Gasteiger partial charge in [-0.25, -0.2) is 0 Å². The molecule has 0 N–H and O–H groups in total. The summed E-state index contributed by atoms with van der Waals surface area (Å²) in [7, 11) is 0. The van der Waals surface area contributed by atoms with Crippen LogP contribution in [0.2, 0.25) is 0 Å². The Morgan fingerprint density at radius 3 is 0.968 bits per heavy atom. The van der Waals surface area contributed by atoms with Crippen molar-refractivity contribution < 1.29 is 0 Å². The Kier molecular flexibility index (Phi) is 77.3. The van der Waals surface area contributed by atoms with Crippen LogP contribution in [0.5, 0.6) is 0 Å². The molecular formula is C62H116. The maximum atomic E-state index is 2.33. The maximum absolute atomic E-state index is 2.33. The third kappa shape index (κ3) is 77.9. The highest BCUT2D eigenvalue weighted by atomic mass is 14.2. The van der Waals surface area contributed by atoms with Crippen molar-refractivity contribution in [2.75, 3.05) is 0 Å². The summed E-state index contributed by atoms with van der Waals surface area (Å²) < 4.78 is 0. The van der Waals surface area contributed by atoms with E-state index in [-0.39, 0.29) is 0 Å². The van der Waals surface area contributed by atoms with Crippen LogP contribution in [0.25, 0.3) is 0 Å². The van der Waals surface area contributed by atoms with Gasteiger partial charge in [-0.05, 0) is 120 Å². The SMILES string of the molecule is C/C=C/C1CC1.C/C=C/CC.CC/C=C/C1CC1.CC/C=C/CC.CCC.CCCC.CCCCC.CCCCCC.CCCc1ccc(CC)cc1.CCc1ccc(C)cc1. The summed E-state index contributed by atoms with van der Waals surface area (Å²) in [6.45, 7) is 38.9. The lowest BCUT2D eigenvalue weighted by atomic mass is 10.1. The average Bonchev–Trinajstić information content (AvgIpc) is 4.25. The van der Waals surface area contributed by atoms with Crippen LogP contribution in [-0.2, 0) is 19.3 Å². The molecule has 0 saturated heterocycles. The minimum absolute atomic E-state index is 0.968. The van der Waals surface area contributed by atoms with Gasteiger partial charge in [-0.15, -0.1) is 0 Å². The third-order valence-electron chi connectivity index (χ3n) is 9.13. The molecule has 0 spiro atoms. The van der Waals surface area contributed by atoms with Crippen LogP contribution in [0.15, 0.2) is 97.1 Å². The highest BCUT2D eigenvalue weighted by molar-refractivity contribution is 5.22. The lowest BCUT2D eigenvalue weighted by Crippen LogP contribution is -1.84. The molecule has 0 atom stereocenters. The summed E-state index contributed by atoms with van der Waals surface area (Å²) in [5, 5.41) is 0. The van der Waals surface area contributed by atoms with E-state index in [1.807, 2.05) is 6.92 Å². The van der Waals surface area contributed by atoms with Gasteiger partial charge in [-0.1, -0.05) is 277 Å². The first-order chi connectivity index (χ1) is 30.0. The number of rotatable bonds is 16. The van der Waals surface area contributed by atoms with E-state index in [0.717, 1.165) is 31.1 Å². The predicted molar refractivity (Wildman–Crippen MR) is 296 cm³/mol. The number of hydrogen-bond acceptors (Lipinski definition) is 0. The summed E-state index contributed by atoms with van der Waals surface area (Å²) in [5.74, 6) is 1.94. The third-order valence-corrected chi connectivity index (χ3v) is 9.13. The van der Waals surface area contributed by atoms with Crippen LogP contribution in [0.4, 0.5) is 0 Å². The first kappa shape index (κ1) is 71.0. The molecular weight excluding hydrogens is 745 g/mol. The van der Waals surface area contributed by atoms with Crippen LogP contribution >= 0.6 is 0 Å². The number of allylic oxidation sites excluding steroid dienone is 8. The Morgan fingerprint density at radius 2 is 0.742 bits per heavy atom. The number of unbranched alkanes of at least 4 members (excludes halogenated alkanes) is 6. The predicted octanol–water partition coefficient (Wildman–Crippen LogP) is 22.4. The van der Waals surface area contributed by atoms with Gasteiger partial charge >= 0.3 is 0 Å². The van der Waals surface area contributed by atoms with Gasteiger partial charge in [0.15, 0.2) is 0 Å². The number of aryl methyl sites for hydroxylation is 4. The topological polar surface area (TPSA) is 0 Å². The van der Waals surface area contributed by atoms with Gasteiger partial charge in [0.2, 0.25) is 0 Å². The second-order valence-corrected chi connectivity index (χ2v) is 16.3. The highest BCUT2D eigenvalue weighted by Gasteiger charge is 2.16. The molecule has 0 unspecified atom stereocenters. The number of benzene rings is 2. The minimum atomic E-state index is 0.968. The van der Waals surface area contributed by atoms with Crippen molar-refractivity contribution in [3.8, 4) is 0 Å². The molecule has 2 fully saturated rings. The average molecular weight is 862 g/mol. The normalized spacial score (nSPS) is 11.9. The van der Waals surface area contributed by atoms with Crippen LogP contribution in [0, 0.1) is 18.8 Å². The molecule has 2 aliphatic rings. The molecule has 0 bridgehead atoms. The molecule has 2 aromatic rings. The molecule has 0 heteroatoms. The Bertz CT molecular complexity index is 1090. The van der Waals surface area contributed by atoms with Crippen molar-refractivity contribution in [1.29, 1.82) is 0 Å². The fourth-order valence-electron chi connectivity index (χ4n) is 4.65. The van der Waals surface area contributed by atoms with Crippen molar-refractivity contribution in [1.82, 2.24) is 0 Å². The van der Waals surface area contributed by atoms with Crippen LogP contribution in [0.3, 0.4) is 0 Å². The first-order valence-electron chi connectivity index (χ1n) is 26.7. The van der Waals surface area contributed by atoms with Gasteiger partial charge in [0, 0.05) is 0 Å². The van der Waals surface area contributed by atoms with Gasteiger partial charge in [-0.2, -0.15) is 0 Å². The van der Waals surface area contributed by atoms with Gasteiger partial charge in [0.1, 0.15) is 0 Å². The lowest BCUT2D eigenvalue weighted by molar-refractivity contribution is 0.702. The van der Waals surface area contributed by atoms with Crippen LogP contribution in [-0.4, -0.2) is 0 Å². The Hall–Kier alpha value is -2.60. The summed E-state index contributed by atoms with van der Waals surface area (Å²) in [5.41, 5.74) is 5.65. The van der Waals surface area contributed by atoms with Crippen LogP contribution < -0.4 is 0 Å². The maximum Gasteiger partial charge on any atom is -0.0233 e. The van der Waals surface area contributed by atoms with E-state index < -0.39 is 0 Å². The van der Waals surface area contributed by atoms with Crippen molar-refractivity contribution in [3.63, 3.8) is 0 Å². The summed E-state index contributed by atoms with van der Waals surface area (Å²) >= 11 is 0. The second-order valence-electron chi connectivity index (χ2n) is 16.3. The molecule has 62 heavy (non-hydrogen) atoms. The van der Waals surface area contributed by atoms with E-state index in [9.17, 15) is 0 Å². The molecule has 0 nitrogen and oxygen atoms in total. The Morgan fingerprint density at radius 1 is 0.387 bits per heavy atom. The van der Waals surface area contributed by atoms with E-state index in [1.54, 1.807) is 0 Å². The van der Waals surface area contributed by atoms with E-state index in [0.29, 0.717) is 0 Å². The second kappa shape index (κ2) is 67.5. The van der Waals surface area contributed by atoms with Gasteiger partial charge in [0.25, 0.3) is 0 Å². The van der Waals surface area contributed by atoms with E-state index in [1.165, 1.54) is 144 Å². The largest absolute Gasteiger partial charge is 0.0917 e. The molecule has 0 aromatic heterocycles. The van der Waals surface area contributed by atoms with Gasteiger partial charge in [-0.3, -0.25) is 0 Å². The highest BCUT2D eigenvalue weighted by Crippen LogP contribution is 2.30. The smallest absolute Gasteiger partial charge is 0.0233 e. The molecule has 2 aliphatic carbocycles. The molecule has 0 aliphatic heterocycles. The standard InChI is InChI=1S/C11H16.C9H12.C7H12.C6H10.C6H14.C6H12.C5H12.C5H10.C4H10.C3H8/c1-3-5-11-8-6-10(4-2)7-9-11;1-3-9-6-4-8(2)5-7-9;1-2-3-4-7-5-6-7;1-2-3-6-4-5-6;2*1-3-5-6-4-2;2*1-3-5-4-2;1-3-4-2;1-3-2/h6-9H,3-5H2,1-2H3;4-7H,3H2,1-2H3;3-4,7H,2,5-6H2,1H3;2-3,6H,4-5H2,1H3;3-6H2,1-2H3;5-6H,3-4H2,1-2H3;3-5H2,1-2H3;3,5H,4H2,1-2H3;3-4H2,1-2H3;3H2,1-2H3/b;;4-3+;3-2+;;6-5+;;5-3+;;. The zero-order valence-corrected chi connectivity index (χ0v) is 45.9. The zero-order chi connectivity index (χ0) is 48.3. The summed E-state index contributed by atoms with van der Waals surface area (Å²) in [4.78, 5) is 0. The van der Waals surface area contributed by atoms with Gasteiger partial charge in [0.05, 0.1) is 0 Å².